The van der Waals surface area contributed by atoms with Crippen molar-refractivity contribution in [3.8, 4) is 0 Å². The summed E-state index contributed by atoms with van der Waals surface area (Å²) in [5.74, 6) is 0. The summed E-state index contributed by atoms with van der Waals surface area (Å²) in [6.07, 6.45) is 0. The number of hydrogen-bond acceptors (Lipinski definition) is 0. The fourth-order valence-corrected chi connectivity index (χ4v) is 0. The minimum absolute atomic E-state index is 0. The van der Waals surface area contributed by atoms with Crippen LogP contribution in [-0.2, 0) is 52.7 Å². The fourth-order valence-electron chi connectivity index (χ4n) is 0. The first kappa shape index (κ1) is 45.6. The first-order chi connectivity index (χ1) is 0. The molecule has 0 amide bonds. The van der Waals surface area contributed by atoms with Gasteiger partial charge in [0, 0.05) is 60.1 Å². The summed E-state index contributed by atoms with van der Waals surface area (Å²) >= 11 is 0. The molecule has 0 bridgehead atoms. The van der Waals surface area contributed by atoms with Crippen LogP contribution in [-0.4, -0.2) is 0 Å². The molecule has 0 aliphatic heterocycles. The summed E-state index contributed by atoms with van der Waals surface area (Å²) in [6, 6.07) is 0. The standard InChI is InChI=1S/C.Co.Cr.V. The smallest absolute Gasteiger partial charge is 0 e. The third-order valence-corrected chi connectivity index (χ3v) is 0. The van der Waals surface area contributed by atoms with E-state index in [9.17, 15) is 0 Å². The van der Waals surface area contributed by atoms with Crippen molar-refractivity contribution in [3.63, 3.8) is 0 Å². The van der Waals surface area contributed by atoms with E-state index in [1.165, 1.54) is 0 Å². The van der Waals surface area contributed by atoms with Gasteiger partial charge in [-0.05, 0) is 0 Å². The summed E-state index contributed by atoms with van der Waals surface area (Å²) in [5.41, 5.74) is 0. The van der Waals surface area contributed by atoms with Crippen molar-refractivity contribution in [1.29, 1.82) is 0 Å². The van der Waals surface area contributed by atoms with E-state index >= 15 is 0 Å². The van der Waals surface area contributed by atoms with Crippen LogP contribution in [0.15, 0.2) is 0 Å². The first-order valence-corrected chi connectivity index (χ1v) is 0. The fraction of sp³-hybridized carbons (Fsp3) is 0. The Balaban J connectivity index is 0. The molecule has 0 aliphatic carbocycles. The van der Waals surface area contributed by atoms with Gasteiger partial charge < -0.3 is 0 Å². The molecule has 0 spiro atoms. The summed E-state index contributed by atoms with van der Waals surface area (Å²) in [5, 5.41) is 0. The van der Waals surface area contributed by atoms with Crippen molar-refractivity contribution in [1.82, 2.24) is 0 Å². The second-order valence-corrected chi connectivity index (χ2v) is 0. The molecule has 0 unspecified atom stereocenters. The minimum atomic E-state index is 0. The van der Waals surface area contributed by atoms with Crippen molar-refractivity contribution in [2.75, 3.05) is 0 Å². The maximum absolute atomic E-state index is 0. The Bertz CT molecular complexity index is 8.00. The van der Waals surface area contributed by atoms with E-state index in [1.54, 1.807) is 0 Å². The van der Waals surface area contributed by atoms with E-state index < -0.39 is 0 Å². The normalized spacial score (nSPS) is 0. The summed E-state index contributed by atoms with van der Waals surface area (Å²) in [4.78, 5) is 0. The van der Waals surface area contributed by atoms with Gasteiger partial charge in [-0.2, -0.15) is 0 Å². The monoisotopic (exact) mass is 174 g/mol. The van der Waals surface area contributed by atoms with Crippen LogP contribution < -0.4 is 0 Å². The Morgan fingerprint density at radius 2 is 1.00 bits per heavy atom. The summed E-state index contributed by atoms with van der Waals surface area (Å²) in [7, 11) is 0. The Kier molecular flexibility index (Phi) is 263. The molecule has 0 aliphatic rings. The van der Waals surface area contributed by atoms with Crippen molar-refractivity contribution in [2.24, 2.45) is 0 Å². The van der Waals surface area contributed by atoms with Gasteiger partial charge in [0.15, 0.2) is 0 Å². The van der Waals surface area contributed by atoms with E-state index in [1.807, 2.05) is 0 Å². The Labute approximate surface area is 59.9 Å². The average Bonchev–Trinajstić information content (AvgIpc) is 0. The van der Waals surface area contributed by atoms with Gasteiger partial charge in [0.1, 0.15) is 0 Å². The maximum atomic E-state index is 0. The minimum Gasteiger partial charge on any atom is 0 e. The van der Waals surface area contributed by atoms with Gasteiger partial charge in [0.2, 0.25) is 0 Å². The van der Waals surface area contributed by atoms with Crippen LogP contribution in [0.1, 0.15) is 0 Å². The van der Waals surface area contributed by atoms with Gasteiger partial charge in [-0.1, -0.05) is 0 Å². The van der Waals surface area contributed by atoms with E-state index in [-0.39, 0.29) is 60.1 Å². The number of rotatable bonds is 0. The topological polar surface area (TPSA) is 0 Å². The van der Waals surface area contributed by atoms with Crippen molar-refractivity contribution < 1.29 is 52.7 Å². The molecule has 0 rings (SSSR count). The van der Waals surface area contributed by atoms with E-state index in [4.69, 9.17) is 0 Å². The van der Waals surface area contributed by atoms with Crippen LogP contribution >= 0.6 is 0 Å². The van der Waals surface area contributed by atoms with Crippen LogP contribution in [0, 0.1) is 7.43 Å². The molecule has 0 heterocycles. The van der Waals surface area contributed by atoms with Gasteiger partial charge in [-0.15, -0.1) is 0 Å². The third kappa shape index (κ3) is 9.46. The Hall–Kier alpha value is 1.62. The molecule has 0 aromatic carbocycles. The molecule has 4 heavy (non-hydrogen) atoms. The molecule has 0 aromatic heterocycles. The van der Waals surface area contributed by atoms with E-state index in [2.05, 4.69) is 0 Å². The molecule has 0 saturated heterocycles. The van der Waals surface area contributed by atoms with Gasteiger partial charge >= 0.3 is 0 Å². The second-order valence-electron chi connectivity index (χ2n) is 0. The van der Waals surface area contributed by atoms with Crippen molar-refractivity contribution in [3.05, 3.63) is 7.43 Å². The van der Waals surface area contributed by atoms with Crippen LogP contribution in [0.2, 0.25) is 0 Å². The molecule has 3 heteroatoms. The molecule has 0 fully saturated rings. The predicted octanol–water partition coefficient (Wildman–Crippen LogP) is 0.0738. The maximum Gasteiger partial charge on any atom is 0 e. The molecular formula is CCoCrV. The molecule has 6 radical (unpaired) electrons. The van der Waals surface area contributed by atoms with Gasteiger partial charge in [0.05, 0.1) is 0 Å². The van der Waals surface area contributed by atoms with Gasteiger partial charge in [-0.25, -0.2) is 0 Å². The van der Waals surface area contributed by atoms with Crippen molar-refractivity contribution >= 4 is 0 Å². The summed E-state index contributed by atoms with van der Waals surface area (Å²) < 4.78 is 0. The zero-order valence-corrected chi connectivity index (χ0v) is 5.40. The van der Waals surface area contributed by atoms with Crippen LogP contribution in [0.5, 0.6) is 0 Å². The molecule has 0 N–H and O–H groups in total. The second kappa shape index (κ2) is 23.0. The average molecular weight is 174 g/mol. The zero-order valence-electron chi connectivity index (χ0n) is 1.69. The SMILES string of the molecule is [C].[Co].[Cr].[V]. The van der Waals surface area contributed by atoms with Gasteiger partial charge in [-0.3, -0.25) is 0 Å². The molecular weight excluding hydrogens is 174 g/mol. The van der Waals surface area contributed by atoms with E-state index in [0.29, 0.717) is 0 Å². The van der Waals surface area contributed by atoms with E-state index in [0.717, 1.165) is 0 Å². The molecule has 0 nitrogen and oxygen atoms in total. The number of hydrogen-bond donors (Lipinski definition) is 0. The quantitative estimate of drug-likeness (QED) is 0.487. The third-order valence-electron chi connectivity index (χ3n) is 0. The Morgan fingerprint density at radius 1 is 1.00 bits per heavy atom. The largest absolute Gasteiger partial charge is 0 e. The zero-order chi connectivity index (χ0) is 0. The van der Waals surface area contributed by atoms with Crippen LogP contribution in [0.3, 0.4) is 0 Å². The first-order valence-electron chi connectivity index (χ1n) is 0. The van der Waals surface area contributed by atoms with Gasteiger partial charge in [0.25, 0.3) is 0 Å². The molecule has 0 aromatic rings. The van der Waals surface area contributed by atoms with Crippen LogP contribution in [0.4, 0.5) is 0 Å². The molecule has 0 atom stereocenters. The van der Waals surface area contributed by atoms with Crippen LogP contribution in [0.25, 0.3) is 0 Å². The predicted molar refractivity (Wildman–Crippen MR) is 3.24 cm³/mol. The Morgan fingerprint density at radius 3 is 1.00 bits per heavy atom. The van der Waals surface area contributed by atoms with Crippen molar-refractivity contribution in [2.45, 2.75) is 0 Å². The molecule has 0 saturated carbocycles. The molecule has 24 valence electrons. The summed E-state index contributed by atoms with van der Waals surface area (Å²) in [6.45, 7) is 0.